The molecule has 2 aromatic rings. The van der Waals surface area contributed by atoms with Crippen molar-refractivity contribution in [3.05, 3.63) is 48.0 Å². The summed E-state index contributed by atoms with van der Waals surface area (Å²) in [5.41, 5.74) is 1.37. The van der Waals surface area contributed by atoms with Crippen molar-refractivity contribution in [2.24, 2.45) is 0 Å². The lowest BCUT2D eigenvalue weighted by molar-refractivity contribution is 0.145. The van der Waals surface area contributed by atoms with Gasteiger partial charge in [-0.2, -0.15) is 0 Å². The number of likely N-dealkylation sites (N-methyl/N-ethyl adjacent to an activating group) is 2. The average molecular weight is 286 g/mol. The Labute approximate surface area is 127 Å². The van der Waals surface area contributed by atoms with Crippen LogP contribution in [-0.2, 0) is 4.74 Å². The van der Waals surface area contributed by atoms with Crippen molar-refractivity contribution >= 4 is 10.8 Å². The van der Waals surface area contributed by atoms with Crippen LogP contribution >= 0.6 is 0 Å². The molecule has 1 atom stereocenters. The molecule has 0 fully saturated rings. The van der Waals surface area contributed by atoms with E-state index in [1.807, 2.05) is 7.05 Å². The second-order valence-electron chi connectivity index (χ2n) is 5.30. The SMILES string of the molecule is CCN(CCOC)CC(NC)c1cccc2ccccc12. The second-order valence-corrected chi connectivity index (χ2v) is 5.30. The second kappa shape index (κ2) is 8.13. The monoisotopic (exact) mass is 286 g/mol. The van der Waals surface area contributed by atoms with Gasteiger partial charge in [-0.15, -0.1) is 0 Å². The minimum atomic E-state index is 0.327. The van der Waals surface area contributed by atoms with Gasteiger partial charge in [0.2, 0.25) is 0 Å². The molecule has 3 heteroatoms. The highest BCUT2D eigenvalue weighted by Crippen LogP contribution is 2.24. The molecule has 0 heterocycles. The van der Waals surface area contributed by atoms with Gasteiger partial charge in [-0.3, -0.25) is 4.90 Å². The van der Waals surface area contributed by atoms with E-state index in [4.69, 9.17) is 4.74 Å². The number of methoxy groups -OCH3 is 1. The summed E-state index contributed by atoms with van der Waals surface area (Å²) in [6.07, 6.45) is 0. The van der Waals surface area contributed by atoms with Crippen LogP contribution in [0.1, 0.15) is 18.5 Å². The summed E-state index contributed by atoms with van der Waals surface area (Å²) in [5.74, 6) is 0. The highest BCUT2D eigenvalue weighted by atomic mass is 16.5. The first-order valence-corrected chi connectivity index (χ1v) is 7.66. The average Bonchev–Trinajstić information content (AvgIpc) is 2.55. The zero-order chi connectivity index (χ0) is 15.1. The number of hydrogen-bond acceptors (Lipinski definition) is 3. The highest BCUT2D eigenvalue weighted by molar-refractivity contribution is 5.86. The Kier molecular flexibility index (Phi) is 6.18. The molecular weight excluding hydrogens is 260 g/mol. The third kappa shape index (κ3) is 4.03. The molecule has 2 rings (SSSR count). The van der Waals surface area contributed by atoms with Gasteiger partial charge >= 0.3 is 0 Å². The van der Waals surface area contributed by atoms with Gasteiger partial charge in [0.05, 0.1) is 6.61 Å². The number of nitrogens with zero attached hydrogens (tertiary/aromatic N) is 1. The molecular formula is C18H26N2O. The van der Waals surface area contributed by atoms with Crippen LogP contribution < -0.4 is 5.32 Å². The zero-order valence-corrected chi connectivity index (χ0v) is 13.3. The first-order chi connectivity index (χ1) is 10.3. The Balaban J connectivity index is 2.22. The summed E-state index contributed by atoms with van der Waals surface area (Å²) >= 11 is 0. The third-order valence-corrected chi connectivity index (χ3v) is 4.05. The van der Waals surface area contributed by atoms with Crippen molar-refractivity contribution in [3.8, 4) is 0 Å². The number of ether oxygens (including phenoxy) is 1. The maximum absolute atomic E-state index is 5.20. The topological polar surface area (TPSA) is 24.5 Å². The highest BCUT2D eigenvalue weighted by Gasteiger charge is 2.15. The number of benzene rings is 2. The quantitative estimate of drug-likeness (QED) is 0.807. The molecule has 21 heavy (non-hydrogen) atoms. The van der Waals surface area contributed by atoms with Crippen molar-refractivity contribution in [1.82, 2.24) is 10.2 Å². The molecule has 0 aliphatic rings. The fourth-order valence-corrected chi connectivity index (χ4v) is 2.76. The van der Waals surface area contributed by atoms with Gasteiger partial charge < -0.3 is 10.1 Å². The molecule has 0 saturated carbocycles. The summed E-state index contributed by atoms with van der Waals surface area (Å²) < 4.78 is 5.20. The van der Waals surface area contributed by atoms with E-state index in [1.165, 1.54) is 16.3 Å². The Hall–Kier alpha value is -1.42. The smallest absolute Gasteiger partial charge is 0.0589 e. The van der Waals surface area contributed by atoms with Crippen molar-refractivity contribution in [3.63, 3.8) is 0 Å². The molecule has 0 saturated heterocycles. The largest absolute Gasteiger partial charge is 0.383 e. The van der Waals surface area contributed by atoms with E-state index in [1.54, 1.807) is 7.11 Å². The lowest BCUT2D eigenvalue weighted by Crippen LogP contribution is -2.35. The van der Waals surface area contributed by atoms with Crippen molar-refractivity contribution in [2.75, 3.05) is 40.4 Å². The van der Waals surface area contributed by atoms with Crippen LogP contribution in [0, 0.1) is 0 Å². The lowest BCUT2D eigenvalue weighted by atomic mass is 9.98. The standard InChI is InChI=1S/C18H26N2O/c1-4-20(12-13-21-3)14-18(19-2)17-11-7-9-15-8-5-6-10-16(15)17/h5-11,18-19H,4,12-14H2,1-3H3. The van der Waals surface area contributed by atoms with Gasteiger partial charge in [0, 0.05) is 26.2 Å². The van der Waals surface area contributed by atoms with E-state index >= 15 is 0 Å². The molecule has 0 aromatic heterocycles. The van der Waals surface area contributed by atoms with Gasteiger partial charge in [0.25, 0.3) is 0 Å². The Morgan fingerprint density at radius 2 is 1.90 bits per heavy atom. The molecule has 0 radical (unpaired) electrons. The van der Waals surface area contributed by atoms with Crippen LogP contribution in [0.25, 0.3) is 10.8 Å². The normalized spacial score (nSPS) is 13.0. The Bertz CT molecular complexity index is 550. The molecule has 0 aliphatic carbocycles. The fraction of sp³-hybridized carbons (Fsp3) is 0.444. The summed E-state index contributed by atoms with van der Waals surface area (Å²) in [4.78, 5) is 2.42. The van der Waals surface area contributed by atoms with Gasteiger partial charge in [-0.1, -0.05) is 49.4 Å². The zero-order valence-electron chi connectivity index (χ0n) is 13.3. The minimum absolute atomic E-state index is 0.327. The first kappa shape index (κ1) is 16.0. The van der Waals surface area contributed by atoms with Crippen LogP contribution in [0.15, 0.2) is 42.5 Å². The molecule has 0 aliphatic heterocycles. The lowest BCUT2D eigenvalue weighted by Gasteiger charge is -2.27. The minimum Gasteiger partial charge on any atom is -0.383 e. The van der Waals surface area contributed by atoms with Crippen LogP contribution in [0.3, 0.4) is 0 Å². The van der Waals surface area contributed by atoms with Gasteiger partial charge in [0.1, 0.15) is 0 Å². The molecule has 1 N–H and O–H groups in total. The van der Waals surface area contributed by atoms with Gasteiger partial charge in [-0.25, -0.2) is 0 Å². The van der Waals surface area contributed by atoms with E-state index in [9.17, 15) is 0 Å². The number of hydrogen-bond donors (Lipinski definition) is 1. The predicted octanol–water partition coefficient (Wildman–Crippen LogP) is 3.07. The van der Waals surface area contributed by atoms with E-state index in [0.29, 0.717) is 6.04 Å². The molecule has 0 amide bonds. The van der Waals surface area contributed by atoms with E-state index in [2.05, 4.69) is 59.6 Å². The summed E-state index contributed by atoms with van der Waals surface area (Å²) in [7, 11) is 3.80. The van der Waals surface area contributed by atoms with Crippen LogP contribution in [0.2, 0.25) is 0 Å². The maximum Gasteiger partial charge on any atom is 0.0589 e. The van der Waals surface area contributed by atoms with Crippen molar-refractivity contribution < 1.29 is 4.74 Å². The molecule has 114 valence electrons. The fourth-order valence-electron chi connectivity index (χ4n) is 2.76. The van der Waals surface area contributed by atoms with Crippen molar-refractivity contribution in [1.29, 1.82) is 0 Å². The van der Waals surface area contributed by atoms with Crippen LogP contribution in [0.4, 0.5) is 0 Å². The number of fused-ring (bicyclic) bond motifs is 1. The first-order valence-electron chi connectivity index (χ1n) is 7.66. The van der Waals surface area contributed by atoms with Gasteiger partial charge in [0.15, 0.2) is 0 Å². The summed E-state index contributed by atoms with van der Waals surface area (Å²) in [6.45, 7) is 5.97. The maximum atomic E-state index is 5.20. The van der Waals surface area contributed by atoms with E-state index in [-0.39, 0.29) is 0 Å². The number of nitrogens with one attached hydrogen (secondary N) is 1. The molecule has 1 unspecified atom stereocenters. The van der Waals surface area contributed by atoms with Gasteiger partial charge in [-0.05, 0) is 29.9 Å². The molecule has 0 spiro atoms. The molecule has 0 bridgehead atoms. The van der Waals surface area contributed by atoms with E-state index in [0.717, 1.165) is 26.2 Å². The summed E-state index contributed by atoms with van der Waals surface area (Å²) in [6, 6.07) is 15.5. The third-order valence-electron chi connectivity index (χ3n) is 4.05. The summed E-state index contributed by atoms with van der Waals surface area (Å²) in [5, 5.41) is 6.11. The Morgan fingerprint density at radius 1 is 1.14 bits per heavy atom. The van der Waals surface area contributed by atoms with E-state index < -0.39 is 0 Å². The predicted molar refractivity (Wildman–Crippen MR) is 89.7 cm³/mol. The molecule has 2 aromatic carbocycles. The molecule has 3 nitrogen and oxygen atoms in total. The number of rotatable bonds is 8. The van der Waals surface area contributed by atoms with Crippen molar-refractivity contribution in [2.45, 2.75) is 13.0 Å². The Morgan fingerprint density at radius 3 is 2.62 bits per heavy atom. The van der Waals surface area contributed by atoms with Crippen LogP contribution in [0.5, 0.6) is 0 Å². The van der Waals surface area contributed by atoms with Crippen LogP contribution in [-0.4, -0.2) is 45.3 Å².